The molecule has 2 aromatic carbocycles. The predicted molar refractivity (Wildman–Crippen MR) is 79.5 cm³/mol. The van der Waals surface area contributed by atoms with Gasteiger partial charge in [0, 0.05) is 11.5 Å². The van der Waals surface area contributed by atoms with E-state index in [1.807, 2.05) is 6.92 Å². The Morgan fingerprint density at radius 3 is 2.33 bits per heavy atom. The fraction of sp³-hybridized carbons (Fsp3) is 0.294. The van der Waals surface area contributed by atoms with Crippen LogP contribution < -0.4 is 10.5 Å². The van der Waals surface area contributed by atoms with Crippen LogP contribution in [0.4, 0.5) is 8.78 Å². The molecule has 0 radical (unpaired) electrons. The lowest BCUT2D eigenvalue weighted by atomic mass is 9.91. The van der Waals surface area contributed by atoms with E-state index in [0.717, 1.165) is 11.1 Å². The first-order chi connectivity index (χ1) is 10.1. The second-order valence-electron chi connectivity index (χ2n) is 4.88. The van der Waals surface area contributed by atoms with Crippen molar-refractivity contribution in [1.29, 1.82) is 0 Å². The summed E-state index contributed by atoms with van der Waals surface area (Å²) in [6, 6.07) is 10.7. The van der Waals surface area contributed by atoms with E-state index < -0.39 is 0 Å². The molecular formula is C17H19F2NO. The molecule has 1 unspecified atom stereocenters. The van der Waals surface area contributed by atoms with Crippen LogP contribution in [-0.4, -0.2) is 13.2 Å². The summed E-state index contributed by atoms with van der Waals surface area (Å²) in [6.45, 7) is 2.75. The van der Waals surface area contributed by atoms with Crippen LogP contribution in [0.15, 0.2) is 42.5 Å². The Labute approximate surface area is 123 Å². The van der Waals surface area contributed by atoms with Gasteiger partial charge in [-0.15, -0.1) is 0 Å². The van der Waals surface area contributed by atoms with Crippen LogP contribution in [0.25, 0.3) is 0 Å². The highest BCUT2D eigenvalue weighted by molar-refractivity contribution is 5.38. The third-order valence-electron chi connectivity index (χ3n) is 3.39. The molecule has 2 rings (SSSR count). The average Bonchev–Trinajstić information content (AvgIpc) is 2.49. The largest absolute Gasteiger partial charge is 0.494 e. The van der Waals surface area contributed by atoms with Crippen molar-refractivity contribution in [2.24, 2.45) is 5.73 Å². The van der Waals surface area contributed by atoms with Crippen molar-refractivity contribution in [1.82, 2.24) is 0 Å². The van der Waals surface area contributed by atoms with E-state index in [1.54, 1.807) is 18.2 Å². The minimum Gasteiger partial charge on any atom is -0.494 e. The molecule has 2 aromatic rings. The summed E-state index contributed by atoms with van der Waals surface area (Å²) in [5.74, 6) is -0.0148. The molecule has 0 bridgehead atoms. The van der Waals surface area contributed by atoms with E-state index >= 15 is 0 Å². The molecule has 0 aliphatic carbocycles. The quantitative estimate of drug-likeness (QED) is 0.881. The second-order valence-corrected chi connectivity index (χ2v) is 4.88. The summed E-state index contributed by atoms with van der Waals surface area (Å²) < 4.78 is 32.0. The monoisotopic (exact) mass is 291 g/mol. The zero-order valence-corrected chi connectivity index (χ0v) is 12.0. The molecule has 21 heavy (non-hydrogen) atoms. The molecular weight excluding hydrogens is 272 g/mol. The normalized spacial score (nSPS) is 12.2. The van der Waals surface area contributed by atoms with E-state index in [0.29, 0.717) is 25.3 Å². The lowest BCUT2D eigenvalue weighted by Gasteiger charge is -2.19. The first-order valence-corrected chi connectivity index (χ1v) is 7.00. The Balaban J connectivity index is 2.27. The summed E-state index contributed by atoms with van der Waals surface area (Å²) in [4.78, 5) is 0. The standard InChI is InChI=1S/C17H19F2NO/c1-2-21-17-8-7-15(19)10-16(17)13(11-20)9-12-3-5-14(18)6-4-12/h3-8,10,13H,2,9,11,20H2,1H3. The van der Waals surface area contributed by atoms with Crippen molar-refractivity contribution >= 4 is 0 Å². The van der Waals surface area contributed by atoms with Crippen molar-refractivity contribution < 1.29 is 13.5 Å². The highest BCUT2D eigenvalue weighted by atomic mass is 19.1. The van der Waals surface area contributed by atoms with Gasteiger partial charge in [-0.2, -0.15) is 0 Å². The van der Waals surface area contributed by atoms with Crippen LogP contribution in [-0.2, 0) is 6.42 Å². The van der Waals surface area contributed by atoms with Gasteiger partial charge in [0.15, 0.2) is 0 Å². The number of hydrogen-bond donors (Lipinski definition) is 1. The van der Waals surface area contributed by atoms with Crippen molar-refractivity contribution in [3.63, 3.8) is 0 Å². The number of hydrogen-bond acceptors (Lipinski definition) is 2. The molecule has 0 fully saturated rings. The maximum Gasteiger partial charge on any atom is 0.123 e. The van der Waals surface area contributed by atoms with Crippen LogP contribution in [0.1, 0.15) is 24.0 Å². The summed E-state index contributed by atoms with van der Waals surface area (Å²) >= 11 is 0. The highest BCUT2D eigenvalue weighted by Crippen LogP contribution is 2.30. The van der Waals surface area contributed by atoms with E-state index in [-0.39, 0.29) is 17.6 Å². The van der Waals surface area contributed by atoms with Gasteiger partial charge in [0.2, 0.25) is 0 Å². The van der Waals surface area contributed by atoms with Crippen molar-refractivity contribution in [3.8, 4) is 5.75 Å². The summed E-state index contributed by atoms with van der Waals surface area (Å²) in [7, 11) is 0. The number of halogens is 2. The molecule has 0 aliphatic rings. The van der Waals surface area contributed by atoms with Crippen molar-refractivity contribution in [2.75, 3.05) is 13.2 Å². The van der Waals surface area contributed by atoms with Crippen LogP contribution in [0.2, 0.25) is 0 Å². The van der Waals surface area contributed by atoms with Crippen molar-refractivity contribution in [3.05, 3.63) is 65.2 Å². The third-order valence-corrected chi connectivity index (χ3v) is 3.39. The Morgan fingerprint density at radius 2 is 1.71 bits per heavy atom. The van der Waals surface area contributed by atoms with E-state index in [4.69, 9.17) is 10.5 Å². The molecule has 0 spiro atoms. The lowest BCUT2D eigenvalue weighted by Crippen LogP contribution is -2.16. The van der Waals surface area contributed by atoms with Gasteiger partial charge >= 0.3 is 0 Å². The van der Waals surface area contributed by atoms with Gasteiger partial charge in [0.1, 0.15) is 17.4 Å². The van der Waals surface area contributed by atoms with E-state index in [9.17, 15) is 8.78 Å². The molecule has 0 aromatic heterocycles. The SMILES string of the molecule is CCOc1ccc(F)cc1C(CN)Cc1ccc(F)cc1. The van der Waals surface area contributed by atoms with Crippen LogP contribution in [0.5, 0.6) is 5.75 Å². The smallest absolute Gasteiger partial charge is 0.123 e. The fourth-order valence-corrected chi connectivity index (χ4v) is 2.35. The fourth-order valence-electron chi connectivity index (χ4n) is 2.35. The van der Waals surface area contributed by atoms with Gasteiger partial charge in [-0.25, -0.2) is 8.78 Å². The molecule has 0 saturated carbocycles. The van der Waals surface area contributed by atoms with Gasteiger partial charge in [0.25, 0.3) is 0 Å². The first-order valence-electron chi connectivity index (χ1n) is 7.00. The minimum absolute atomic E-state index is 0.0762. The molecule has 4 heteroatoms. The first kappa shape index (κ1) is 15.4. The Kier molecular flexibility index (Phi) is 5.28. The number of benzene rings is 2. The molecule has 0 heterocycles. The maximum atomic E-state index is 13.5. The Morgan fingerprint density at radius 1 is 1.05 bits per heavy atom. The molecule has 1 atom stereocenters. The summed E-state index contributed by atoms with van der Waals surface area (Å²) in [5, 5.41) is 0. The Bertz CT molecular complexity index is 584. The van der Waals surface area contributed by atoms with Gasteiger partial charge in [-0.1, -0.05) is 12.1 Å². The number of ether oxygens (including phenoxy) is 1. The van der Waals surface area contributed by atoms with Crippen LogP contribution in [0.3, 0.4) is 0 Å². The van der Waals surface area contributed by atoms with Gasteiger partial charge in [0.05, 0.1) is 6.61 Å². The van der Waals surface area contributed by atoms with Crippen LogP contribution >= 0.6 is 0 Å². The third kappa shape index (κ3) is 4.02. The Hall–Kier alpha value is -1.94. The molecule has 0 aliphatic heterocycles. The molecule has 2 nitrogen and oxygen atoms in total. The van der Waals surface area contributed by atoms with Crippen molar-refractivity contribution in [2.45, 2.75) is 19.3 Å². The summed E-state index contributed by atoms with van der Waals surface area (Å²) in [6.07, 6.45) is 0.611. The molecule has 0 amide bonds. The van der Waals surface area contributed by atoms with Crippen LogP contribution in [0, 0.1) is 11.6 Å². The van der Waals surface area contributed by atoms with Gasteiger partial charge in [-0.05, 0) is 55.8 Å². The van der Waals surface area contributed by atoms with Gasteiger partial charge in [-0.3, -0.25) is 0 Å². The van der Waals surface area contributed by atoms with E-state index in [2.05, 4.69) is 0 Å². The lowest BCUT2D eigenvalue weighted by molar-refractivity contribution is 0.333. The van der Waals surface area contributed by atoms with Gasteiger partial charge < -0.3 is 10.5 Å². The average molecular weight is 291 g/mol. The summed E-state index contributed by atoms with van der Waals surface area (Å²) in [5.41, 5.74) is 7.56. The topological polar surface area (TPSA) is 35.2 Å². The zero-order chi connectivity index (χ0) is 15.2. The second kappa shape index (κ2) is 7.18. The molecule has 112 valence electrons. The number of nitrogens with two attached hydrogens (primary N) is 1. The maximum absolute atomic E-state index is 13.5. The van der Waals surface area contributed by atoms with E-state index in [1.165, 1.54) is 24.3 Å². The minimum atomic E-state index is -0.314. The molecule has 2 N–H and O–H groups in total. The highest BCUT2D eigenvalue weighted by Gasteiger charge is 2.17. The predicted octanol–water partition coefficient (Wildman–Crippen LogP) is 3.65. The zero-order valence-electron chi connectivity index (χ0n) is 12.0. The molecule has 0 saturated heterocycles. The number of rotatable bonds is 6.